The van der Waals surface area contributed by atoms with Crippen LogP contribution in [0.1, 0.15) is 24.1 Å². The van der Waals surface area contributed by atoms with Crippen LogP contribution >= 0.6 is 0 Å². The molecular formula is C11H15NOS. The quantitative estimate of drug-likeness (QED) is 0.763. The minimum absolute atomic E-state index is 0.178. The first-order chi connectivity index (χ1) is 6.65. The fraction of sp³-hybridized carbons (Fsp3) is 0.455. The van der Waals surface area contributed by atoms with Crippen molar-refractivity contribution in [2.24, 2.45) is 0 Å². The van der Waals surface area contributed by atoms with E-state index in [1.807, 2.05) is 26.1 Å². The molecule has 0 amide bonds. The SMILES string of the molecule is CNC1c2cc(C)ccc2S(=O)C1C. The molecule has 0 aromatic heterocycles. The maximum atomic E-state index is 11.9. The van der Waals surface area contributed by atoms with Crippen LogP contribution < -0.4 is 5.32 Å². The summed E-state index contributed by atoms with van der Waals surface area (Å²) in [5, 5.41) is 3.41. The molecule has 0 saturated heterocycles. The highest BCUT2D eigenvalue weighted by Gasteiger charge is 2.34. The number of aryl methyl sites for hydroxylation is 1. The molecule has 1 aromatic rings. The van der Waals surface area contributed by atoms with E-state index >= 15 is 0 Å². The Morgan fingerprint density at radius 1 is 1.43 bits per heavy atom. The monoisotopic (exact) mass is 209 g/mol. The molecule has 3 heteroatoms. The molecule has 0 radical (unpaired) electrons. The van der Waals surface area contributed by atoms with Crippen molar-refractivity contribution >= 4 is 10.8 Å². The van der Waals surface area contributed by atoms with Gasteiger partial charge in [-0.05, 0) is 32.5 Å². The van der Waals surface area contributed by atoms with Gasteiger partial charge in [0.2, 0.25) is 0 Å². The first kappa shape index (κ1) is 9.87. The fourth-order valence-corrected chi connectivity index (χ4v) is 3.61. The average molecular weight is 209 g/mol. The molecule has 0 fully saturated rings. The smallest absolute Gasteiger partial charge is 0.0580 e. The second-order valence-electron chi connectivity index (χ2n) is 3.81. The van der Waals surface area contributed by atoms with Gasteiger partial charge in [-0.15, -0.1) is 0 Å². The summed E-state index contributed by atoms with van der Waals surface area (Å²) in [7, 11) is 1.08. The van der Waals surface area contributed by atoms with Crippen LogP contribution in [0.5, 0.6) is 0 Å². The van der Waals surface area contributed by atoms with E-state index in [1.54, 1.807) is 0 Å². The standard InChI is InChI=1S/C11H15NOS/c1-7-4-5-10-9(6-7)11(12-3)8(2)14(10)13/h4-6,8,11-12H,1-3H3. The molecule has 76 valence electrons. The molecule has 0 aliphatic carbocycles. The molecule has 1 heterocycles. The lowest BCUT2D eigenvalue weighted by Gasteiger charge is -2.13. The lowest BCUT2D eigenvalue weighted by atomic mass is 10.0. The molecule has 2 nitrogen and oxygen atoms in total. The number of hydrogen-bond donors (Lipinski definition) is 1. The number of fused-ring (bicyclic) bond motifs is 1. The van der Waals surface area contributed by atoms with Gasteiger partial charge in [0.15, 0.2) is 0 Å². The Balaban J connectivity index is 2.56. The molecule has 3 unspecified atom stereocenters. The van der Waals surface area contributed by atoms with Crippen molar-refractivity contribution in [3.05, 3.63) is 29.3 Å². The summed E-state index contributed by atoms with van der Waals surface area (Å²) < 4.78 is 11.9. The Hall–Kier alpha value is -0.670. The van der Waals surface area contributed by atoms with Crippen LogP contribution in [0, 0.1) is 6.92 Å². The van der Waals surface area contributed by atoms with E-state index in [4.69, 9.17) is 0 Å². The first-order valence-electron chi connectivity index (χ1n) is 4.83. The fourth-order valence-electron chi connectivity index (χ4n) is 2.06. The summed E-state index contributed by atoms with van der Waals surface area (Å²) in [5.74, 6) is 0. The number of hydrogen-bond acceptors (Lipinski definition) is 2. The Labute approximate surface area is 87.2 Å². The van der Waals surface area contributed by atoms with Gasteiger partial charge < -0.3 is 5.32 Å². The molecule has 1 aromatic carbocycles. The van der Waals surface area contributed by atoms with Gasteiger partial charge in [0, 0.05) is 10.9 Å². The third-order valence-electron chi connectivity index (χ3n) is 2.84. The van der Waals surface area contributed by atoms with Crippen molar-refractivity contribution in [2.45, 2.75) is 30.0 Å². The van der Waals surface area contributed by atoms with Crippen molar-refractivity contribution in [2.75, 3.05) is 7.05 Å². The Kier molecular flexibility index (Phi) is 2.45. The molecular weight excluding hydrogens is 194 g/mol. The maximum Gasteiger partial charge on any atom is 0.0580 e. The van der Waals surface area contributed by atoms with Crippen LogP contribution in [0.3, 0.4) is 0 Å². The van der Waals surface area contributed by atoms with Crippen LogP contribution in [0.15, 0.2) is 23.1 Å². The molecule has 2 rings (SSSR count). The highest BCUT2D eigenvalue weighted by molar-refractivity contribution is 7.86. The first-order valence-corrected chi connectivity index (χ1v) is 6.05. The maximum absolute atomic E-state index is 11.9. The van der Waals surface area contributed by atoms with E-state index in [-0.39, 0.29) is 11.3 Å². The predicted molar refractivity (Wildman–Crippen MR) is 58.9 cm³/mol. The van der Waals surface area contributed by atoms with Gasteiger partial charge in [-0.3, -0.25) is 4.21 Å². The average Bonchev–Trinajstić information content (AvgIpc) is 2.39. The van der Waals surface area contributed by atoms with Crippen LogP contribution in [0.2, 0.25) is 0 Å². The zero-order chi connectivity index (χ0) is 10.3. The van der Waals surface area contributed by atoms with E-state index in [0.29, 0.717) is 0 Å². The summed E-state index contributed by atoms with van der Waals surface area (Å²) in [5.41, 5.74) is 2.44. The third-order valence-corrected chi connectivity index (χ3v) is 4.59. The minimum atomic E-state index is -0.843. The summed E-state index contributed by atoms with van der Waals surface area (Å²) in [6.07, 6.45) is 0. The summed E-state index contributed by atoms with van der Waals surface area (Å²) in [6.45, 7) is 4.10. The summed E-state index contributed by atoms with van der Waals surface area (Å²) in [4.78, 5) is 1.00. The molecule has 1 aliphatic rings. The Bertz CT molecular complexity index is 389. The van der Waals surface area contributed by atoms with Gasteiger partial charge in [0.25, 0.3) is 0 Å². The normalized spacial score (nSPS) is 30.4. The molecule has 0 saturated carbocycles. The van der Waals surface area contributed by atoms with Crippen molar-refractivity contribution in [3.63, 3.8) is 0 Å². The third kappa shape index (κ3) is 1.31. The van der Waals surface area contributed by atoms with E-state index in [1.165, 1.54) is 11.1 Å². The lowest BCUT2D eigenvalue weighted by Crippen LogP contribution is -2.24. The minimum Gasteiger partial charge on any atom is -0.312 e. The van der Waals surface area contributed by atoms with Gasteiger partial charge >= 0.3 is 0 Å². The highest BCUT2D eigenvalue weighted by Crippen LogP contribution is 2.36. The molecule has 0 spiro atoms. The largest absolute Gasteiger partial charge is 0.312 e. The van der Waals surface area contributed by atoms with Crippen molar-refractivity contribution in [1.82, 2.24) is 5.32 Å². The molecule has 14 heavy (non-hydrogen) atoms. The van der Waals surface area contributed by atoms with Gasteiger partial charge in [0.1, 0.15) is 0 Å². The van der Waals surface area contributed by atoms with E-state index < -0.39 is 10.8 Å². The summed E-state index contributed by atoms with van der Waals surface area (Å²) >= 11 is 0. The molecule has 1 aliphatic heterocycles. The number of rotatable bonds is 1. The van der Waals surface area contributed by atoms with Crippen molar-refractivity contribution < 1.29 is 4.21 Å². The topological polar surface area (TPSA) is 29.1 Å². The molecule has 0 bridgehead atoms. The summed E-state index contributed by atoms with van der Waals surface area (Å²) in [6, 6.07) is 6.40. The zero-order valence-electron chi connectivity index (χ0n) is 8.70. The van der Waals surface area contributed by atoms with Crippen LogP contribution in [0.4, 0.5) is 0 Å². The second kappa shape index (κ2) is 3.48. The van der Waals surface area contributed by atoms with Gasteiger partial charge in [0.05, 0.1) is 16.0 Å². The van der Waals surface area contributed by atoms with Gasteiger partial charge in [-0.1, -0.05) is 17.7 Å². The van der Waals surface area contributed by atoms with Crippen LogP contribution in [-0.4, -0.2) is 16.5 Å². The number of nitrogens with one attached hydrogen (secondary N) is 1. The van der Waals surface area contributed by atoms with E-state index in [2.05, 4.69) is 18.3 Å². The van der Waals surface area contributed by atoms with Crippen molar-refractivity contribution in [3.8, 4) is 0 Å². The van der Waals surface area contributed by atoms with Crippen LogP contribution in [-0.2, 0) is 10.8 Å². The molecule has 3 atom stereocenters. The van der Waals surface area contributed by atoms with Gasteiger partial charge in [-0.25, -0.2) is 0 Å². The van der Waals surface area contributed by atoms with E-state index in [9.17, 15) is 4.21 Å². The Morgan fingerprint density at radius 3 is 2.79 bits per heavy atom. The highest BCUT2D eigenvalue weighted by atomic mass is 32.2. The predicted octanol–water partition coefficient (Wildman–Crippen LogP) is 1.77. The Morgan fingerprint density at radius 2 is 2.14 bits per heavy atom. The zero-order valence-corrected chi connectivity index (χ0v) is 9.52. The lowest BCUT2D eigenvalue weighted by molar-refractivity contribution is 0.584. The van der Waals surface area contributed by atoms with Crippen molar-refractivity contribution in [1.29, 1.82) is 0 Å². The number of benzene rings is 1. The second-order valence-corrected chi connectivity index (χ2v) is 5.59. The van der Waals surface area contributed by atoms with Gasteiger partial charge in [-0.2, -0.15) is 0 Å². The van der Waals surface area contributed by atoms with Crippen LogP contribution in [0.25, 0.3) is 0 Å². The molecule has 1 N–H and O–H groups in total. The van der Waals surface area contributed by atoms with E-state index in [0.717, 1.165) is 4.90 Å².